The highest BCUT2D eigenvalue weighted by atomic mass is 35.5. The van der Waals surface area contributed by atoms with Gasteiger partial charge in [0.25, 0.3) is 0 Å². The highest BCUT2D eigenvalue weighted by Gasteiger charge is 2.44. The summed E-state index contributed by atoms with van der Waals surface area (Å²) in [5, 5.41) is 13.1. The van der Waals surface area contributed by atoms with Crippen molar-refractivity contribution in [2.24, 2.45) is 0 Å². The molecule has 0 spiro atoms. The molecular formula is C15H16ClNO3. The van der Waals surface area contributed by atoms with Crippen LogP contribution < -0.4 is 5.32 Å². The van der Waals surface area contributed by atoms with Crippen molar-refractivity contribution in [1.82, 2.24) is 0 Å². The van der Waals surface area contributed by atoms with Crippen LogP contribution in [0.25, 0.3) is 0 Å². The number of carboxylic acid groups (broad SMARTS) is 1. The molecule has 20 heavy (non-hydrogen) atoms. The molecule has 1 amide bonds. The summed E-state index contributed by atoms with van der Waals surface area (Å²) in [6.45, 7) is 0. The highest BCUT2D eigenvalue weighted by molar-refractivity contribution is 6.31. The summed E-state index contributed by atoms with van der Waals surface area (Å²) in [4.78, 5) is 23.5. The van der Waals surface area contributed by atoms with Crippen LogP contribution in [-0.4, -0.2) is 17.0 Å². The minimum Gasteiger partial charge on any atom is -0.481 e. The third-order valence-electron chi connectivity index (χ3n) is 4.43. The monoisotopic (exact) mass is 293 g/mol. The summed E-state index contributed by atoms with van der Waals surface area (Å²) in [6.07, 6.45) is 4.32. The van der Waals surface area contributed by atoms with Gasteiger partial charge in [-0.1, -0.05) is 30.9 Å². The van der Waals surface area contributed by atoms with Gasteiger partial charge < -0.3 is 10.4 Å². The van der Waals surface area contributed by atoms with Crippen LogP contribution in [0.15, 0.2) is 12.1 Å². The second kappa shape index (κ2) is 4.77. The normalized spacial score (nSPS) is 20.4. The van der Waals surface area contributed by atoms with Gasteiger partial charge in [-0.05, 0) is 36.1 Å². The topological polar surface area (TPSA) is 66.4 Å². The molecule has 1 aromatic carbocycles. The second-order valence-corrected chi connectivity index (χ2v) is 6.10. The molecular weight excluding hydrogens is 278 g/mol. The number of fused-ring (bicyclic) bond motifs is 1. The smallest absolute Gasteiger partial charge is 0.314 e. The van der Waals surface area contributed by atoms with Crippen LogP contribution >= 0.6 is 11.6 Å². The third kappa shape index (κ3) is 1.99. The molecule has 5 heteroatoms. The second-order valence-electron chi connectivity index (χ2n) is 5.66. The maximum Gasteiger partial charge on any atom is 0.314 e. The van der Waals surface area contributed by atoms with Crippen molar-refractivity contribution in [2.75, 3.05) is 5.32 Å². The average Bonchev–Trinajstić information content (AvgIpc) is 2.78. The summed E-state index contributed by atoms with van der Waals surface area (Å²) >= 11 is 6.13. The number of carboxylic acids is 1. The Morgan fingerprint density at radius 1 is 1.25 bits per heavy atom. The summed E-state index contributed by atoms with van der Waals surface area (Å²) in [6, 6.07) is 3.46. The molecule has 106 valence electrons. The lowest BCUT2D eigenvalue weighted by Gasteiger charge is -2.35. The van der Waals surface area contributed by atoms with Crippen molar-refractivity contribution in [2.45, 2.75) is 43.9 Å². The Morgan fingerprint density at radius 3 is 2.60 bits per heavy atom. The molecule has 1 saturated carbocycles. The lowest BCUT2D eigenvalue weighted by atomic mass is 9.68. The molecule has 0 unspecified atom stereocenters. The number of benzene rings is 1. The van der Waals surface area contributed by atoms with Crippen molar-refractivity contribution in [3.63, 3.8) is 0 Å². The Balaban J connectivity index is 2.17. The van der Waals surface area contributed by atoms with E-state index in [-0.39, 0.29) is 12.3 Å². The zero-order chi connectivity index (χ0) is 14.3. The molecule has 1 heterocycles. The fraction of sp³-hybridized carbons (Fsp3) is 0.467. The molecule has 0 bridgehead atoms. The number of nitrogens with one attached hydrogen (secondary N) is 1. The molecule has 1 aliphatic carbocycles. The molecule has 1 fully saturated rings. The van der Waals surface area contributed by atoms with E-state index in [1.807, 2.05) is 0 Å². The highest BCUT2D eigenvalue weighted by Crippen LogP contribution is 2.46. The number of hydrogen-bond donors (Lipinski definition) is 2. The van der Waals surface area contributed by atoms with Crippen molar-refractivity contribution in [3.8, 4) is 0 Å². The van der Waals surface area contributed by atoms with Gasteiger partial charge in [0.2, 0.25) is 5.91 Å². The molecule has 3 rings (SSSR count). The van der Waals surface area contributed by atoms with Crippen LogP contribution in [-0.2, 0) is 21.4 Å². The molecule has 0 atom stereocenters. The minimum absolute atomic E-state index is 0.0973. The third-order valence-corrected chi connectivity index (χ3v) is 4.65. The van der Waals surface area contributed by atoms with Crippen LogP contribution in [0.5, 0.6) is 0 Å². The lowest BCUT2D eigenvalue weighted by molar-refractivity contribution is -0.145. The Hall–Kier alpha value is -1.55. The first-order chi connectivity index (χ1) is 9.53. The number of rotatable bonds is 2. The maximum atomic E-state index is 11.9. The molecule has 2 N–H and O–H groups in total. The average molecular weight is 294 g/mol. The zero-order valence-corrected chi connectivity index (χ0v) is 11.8. The van der Waals surface area contributed by atoms with E-state index >= 15 is 0 Å². The van der Waals surface area contributed by atoms with Gasteiger partial charge in [0, 0.05) is 10.7 Å². The van der Waals surface area contributed by atoms with Crippen LogP contribution in [0.2, 0.25) is 5.02 Å². The summed E-state index contributed by atoms with van der Waals surface area (Å²) in [5.74, 6) is -0.914. The number of amides is 1. The largest absolute Gasteiger partial charge is 0.481 e. The van der Waals surface area contributed by atoms with Gasteiger partial charge in [-0.15, -0.1) is 0 Å². The van der Waals surface area contributed by atoms with Gasteiger partial charge in [0.15, 0.2) is 0 Å². The number of carbonyl (C=O) groups is 2. The molecule has 2 aliphatic rings. The Bertz CT molecular complexity index is 591. The quantitative estimate of drug-likeness (QED) is 0.880. The molecule has 0 saturated heterocycles. The minimum atomic E-state index is -0.912. The van der Waals surface area contributed by atoms with E-state index < -0.39 is 11.4 Å². The van der Waals surface area contributed by atoms with Crippen LogP contribution in [0.3, 0.4) is 0 Å². The van der Waals surface area contributed by atoms with Crippen LogP contribution in [0.4, 0.5) is 5.69 Å². The lowest BCUT2D eigenvalue weighted by Crippen LogP contribution is -2.38. The van der Waals surface area contributed by atoms with Crippen LogP contribution in [0.1, 0.15) is 43.2 Å². The van der Waals surface area contributed by atoms with Gasteiger partial charge in [0.05, 0.1) is 11.8 Å². The maximum absolute atomic E-state index is 11.9. The fourth-order valence-electron chi connectivity index (χ4n) is 3.44. The molecule has 1 aliphatic heterocycles. The van der Waals surface area contributed by atoms with Gasteiger partial charge in [-0.2, -0.15) is 0 Å². The van der Waals surface area contributed by atoms with Crippen molar-refractivity contribution in [3.05, 3.63) is 28.3 Å². The van der Waals surface area contributed by atoms with Gasteiger partial charge in [0.1, 0.15) is 0 Å². The molecule has 4 nitrogen and oxygen atoms in total. The van der Waals surface area contributed by atoms with Crippen molar-refractivity contribution < 1.29 is 14.7 Å². The number of halogens is 1. The number of hydrogen-bond acceptors (Lipinski definition) is 2. The van der Waals surface area contributed by atoms with E-state index in [0.717, 1.165) is 24.8 Å². The fourth-order valence-corrected chi connectivity index (χ4v) is 3.68. The number of aliphatic carboxylic acids is 1. The predicted molar refractivity (Wildman–Crippen MR) is 76.2 cm³/mol. The SMILES string of the molecule is O=C1Cc2cc(Cl)cc(C3(C(=O)O)CCCCC3)c2N1. The molecule has 1 aromatic rings. The predicted octanol–water partition coefficient (Wildman–Crippen LogP) is 3.12. The first-order valence-electron chi connectivity index (χ1n) is 6.89. The molecule has 0 aromatic heterocycles. The number of carbonyl (C=O) groups excluding carboxylic acids is 1. The Labute approximate surface area is 122 Å². The first-order valence-corrected chi connectivity index (χ1v) is 7.27. The van der Waals surface area contributed by atoms with Crippen molar-refractivity contribution >= 4 is 29.2 Å². The summed E-state index contributed by atoms with van der Waals surface area (Å²) in [7, 11) is 0. The van der Waals surface area contributed by atoms with E-state index in [0.29, 0.717) is 29.1 Å². The van der Waals surface area contributed by atoms with E-state index in [1.54, 1.807) is 12.1 Å². The van der Waals surface area contributed by atoms with E-state index in [1.165, 1.54) is 0 Å². The first kappa shape index (κ1) is 13.4. The van der Waals surface area contributed by atoms with E-state index in [9.17, 15) is 14.7 Å². The van der Waals surface area contributed by atoms with Gasteiger partial charge in [-0.25, -0.2) is 0 Å². The Morgan fingerprint density at radius 2 is 1.95 bits per heavy atom. The number of anilines is 1. The standard InChI is InChI=1S/C15H16ClNO3/c16-10-6-9-7-12(18)17-13(9)11(8-10)15(14(19)20)4-2-1-3-5-15/h6,8H,1-5,7H2,(H,17,18)(H,19,20). The Kier molecular flexibility index (Phi) is 3.21. The summed E-state index contributed by atoms with van der Waals surface area (Å²) < 4.78 is 0. The van der Waals surface area contributed by atoms with Crippen LogP contribution in [0, 0.1) is 0 Å². The van der Waals surface area contributed by atoms with E-state index in [2.05, 4.69) is 5.32 Å². The van der Waals surface area contributed by atoms with Crippen molar-refractivity contribution in [1.29, 1.82) is 0 Å². The van der Waals surface area contributed by atoms with Gasteiger partial charge in [-0.3, -0.25) is 9.59 Å². The molecule has 0 radical (unpaired) electrons. The van der Waals surface area contributed by atoms with E-state index in [4.69, 9.17) is 11.6 Å². The van der Waals surface area contributed by atoms with Gasteiger partial charge >= 0.3 is 5.97 Å². The summed E-state index contributed by atoms with van der Waals surface area (Å²) in [5.41, 5.74) is 1.25. The zero-order valence-electron chi connectivity index (χ0n) is 11.0.